The first kappa shape index (κ1) is 13.5. The van der Waals surface area contributed by atoms with Crippen LogP contribution in [0.1, 0.15) is 63.9 Å². The third kappa shape index (κ3) is 3.07. The SMILES string of the molecule is CCCC1(C)CCC(c2ccc(OC)cc2)CC1. The summed E-state index contributed by atoms with van der Waals surface area (Å²) in [6, 6.07) is 8.67. The van der Waals surface area contributed by atoms with Crippen LogP contribution in [0.4, 0.5) is 0 Å². The third-order valence-electron chi connectivity index (χ3n) is 4.63. The molecule has 0 bridgehead atoms. The molecule has 100 valence electrons. The first-order valence-corrected chi connectivity index (χ1v) is 7.31. The number of benzene rings is 1. The first-order chi connectivity index (χ1) is 8.67. The molecule has 0 unspecified atom stereocenters. The van der Waals surface area contributed by atoms with Gasteiger partial charge in [-0.15, -0.1) is 0 Å². The van der Waals surface area contributed by atoms with Gasteiger partial charge in [0, 0.05) is 0 Å². The van der Waals surface area contributed by atoms with Crippen LogP contribution in [0.25, 0.3) is 0 Å². The Bertz CT molecular complexity index is 358. The van der Waals surface area contributed by atoms with Crippen molar-refractivity contribution in [1.82, 2.24) is 0 Å². The average Bonchev–Trinajstić information content (AvgIpc) is 2.40. The number of methoxy groups -OCH3 is 1. The van der Waals surface area contributed by atoms with Crippen LogP contribution in [0.2, 0.25) is 0 Å². The Hall–Kier alpha value is -0.980. The van der Waals surface area contributed by atoms with E-state index in [9.17, 15) is 0 Å². The van der Waals surface area contributed by atoms with Gasteiger partial charge in [-0.25, -0.2) is 0 Å². The van der Waals surface area contributed by atoms with Gasteiger partial charge in [-0.2, -0.15) is 0 Å². The summed E-state index contributed by atoms with van der Waals surface area (Å²) in [5.41, 5.74) is 2.10. The van der Waals surface area contributed by atoms with Gasteiger partial charge in [-0.1, -0.05) is 32.4 Å². The maximum Gasteiger partial charge on any atom is 0.118 e. The van der Waals surface area contributed by atoms with Gasteiger partial charge in [0.2, 0.25) is 0 Å². The van der Waals surface area contributed by atoms with Gasteiger partial charge in [0.05, 0.1) is 7.11 Å². The van der Waals surface area contributed by atoms with Crippen LogP contribution >= 0.6 is 0 Å². The summed E-state index contributed by atoms with van der Waals surface area (Å²) < 4.78 is 5.22. The smallest absolute Gasteiger partial charge is 0.118 e. The van der Waals surface area contributed by atoms with E-state index < -0.39 is 0 Å². The van der Waals surface area contributed by atoms with Gasteiger partial charge in [-0.05, 0) is 61.1 Å². The highest BCUT2D eigenvalue weighted by Crippen LogP contribution is 2.45. The molecule has 0 heterocycles. The van der Waals surface area contributed by atoms with E-state index in [-0.39, 0.29) is 0 Å². The van der Waals surface area contributed by atoms with Crippen molar-refractivity contribution in [1.29, 1.82) is 0 Å². The van der Waals surface area contributed by atoms with E-state index in [1.807, 2.05) is 0 Å². The van der Waals surface area contributed by atoms with E-state index in [1.54, 1.807) is 7.11 Å². The Kier molecular flexibility index (Phi) is 4.31. The van der Waals surface area contributed by atoms with Gasteiger partial charge in [-0.3, -0.25) is 0 Å². The second-order valence-corrected chi connectivity index (χ2v) is 6.11. The van der Waals surface area contributed by atoms with E-state index in [4.69, 9.17) is 4.74 Å². The zero-order chi connectivity index (χ0) is 13.0. The first-order valence-electron chi connectivity index (χ1n) is 7.31. The van der Waals surface area contributed by atoms with Crippen LogP contribution in [0.15, 0.2) is 24.3 Å². The molecule has 0 aromatic heterocycles. The molecule has 0 amide bonds. The van der Waals surface area contributed by atoms with E-state index in [0.29, 0.717) is 5.41 Å². The van der Waals surface area contributed by atoms with Crippen molar-refractivity contribution in [2.45, 2.75) is 58.3 Å². The van der Waals surface area contributed by atoms with Crippen LogP contribution in [0.5, 0.6) is 5.75 Å². The molecule has 0 atom stereocenters. The van der Waals surface area contributed by atoms with Crippen molar-refractivity contribution in [2.24, 2.45) is 5.41 Å². The predicted molar refractivity (Wildman–Crippen MR) is 77.2 cm³/mol. The monoisotopic (exact) mass is 246 g/mol. The summed E-state index contributed by atoms with van der Waals surface area (Å²) in [6.45, 7) is 4.78. The molecule has 1 aromatic carbocycles. The fourth-order valence-electron chi connectivity index (χ4n) is 3.38. The maximum absolute atomic E-state index is 5.22. The molecule has 0 radical (unpaired) electrons. The van der Waals surface area contributed by atoms with Crippen molar-refractivity contribution in [3.63, 3.8) is 0 Å². The standard InChI is InChI=1S/C17H26O/c1-4-11-17(2)12-9-15(10-13-17)14-5-7-16(18-3)8-6-14/h5-8,15H,4,9-13H2,1-3H3. The van der Waals surface area contributed by atoms with Crippen LogP contribution in [0, 0.1) is 5.41 Å². The van der Waals surface area contributed by atoms with Gasteiger partial charge < -0.3 is 4.74 Å². The van der Waals surface area contributed by atoms with Crippen LogP contribution in [-0.2, 0) is 0 Å². The molecule has 18 heavy (non-hydrogen) atoms. The minimum atomic E-state index is 0.609. The number of hydrogen-bond donors (Lipinski definition) is 0. The summed E-state index contributed by atoms with van der Waals surface area (Å²) >= 11 is 0. The van der Waals surface area contributed by atoms with Gasteiger partial charge in [0.1, 0.15) is 5.75 Å². The Labute approximate surface area is 112 Å². The molecule has 1 heteroatoms. The zero-order valence-corrected chi connectivity index (χ0v) is 12.0. The van der Waals surface area contributed by atoms with Crippen LogP contribution in [-0.4, -0.2) is 7.11 Å². The van der Waals surface area contributed by atoms with Crippen molar-refractivity contribution >= 4 is 0 Å². The van der Waals surface area contributed by atoms with Crippen LogP contribution in [0.3, 0.4) is 0 Å². The number of ether oxygens (including phenoxy) is 1. The quantitative estimate of drug-likeness (QED) is 0.713. The lowest BCUT2D eigenvalue weighted by molar-refractivity contribution is 0.182. The highest BCUT2D eigenvalue weighted by atomic mass is 16.5. The summed E-state index contributed by atoms with van der Waals surface area (Å²) in [5.74, 6) is 1.73. The number of hydrogen-bond acceptors (Lipinski definition) is 1. The second-order valence-electron chi connectivity index (χ2n) is 6.11. The molecule has 1 aliphatic carbocycles. The average molecular weight is 246 g/mol. The Morgan fingerprint density at radius 1 is 1.17 bits per heavy atom. The van der Waals surface area contributed by atoms with Gasteiger partial charge >= 0.3 is 0 Å². The van der Waals surface area contributed by atoms with Crippen molar-refractivity contribution < 1.29 is 4.74 Å². The maximum atomic E-state index is 5.22. The third-order valence-corrected chi connectivity index (χ3v) is 4.63. The molecule has 1 nitrogen and oxygen atoms in total. The van der Waals surface area contributed by atoms with Crippen LogP contribution < -0.4 is 4.74 Å². The Morgan fingerprint density at radius 2 is 1.78 bits per heavy atom. The van der Waals surface area contributed by atoms with Crippen molar-refractivity contribution in [3.8, 4) is 5.75 Å². The minimum Gasteiger partial charge on any atom is -0.497 e. The van der Waals surface area contributed by atoms with Gasteiger partial charge in [0.15, 0.2) is 0 Å². The topological polar surface area (TPSA) is 9.23 Å². The lowest BCUT2D eigenvalue weighted by atomic mass is 9.68. The molecule has 0 saturated heterocycles. The van der Waals surface area contributed by atoms with E-state index in [0.717, 1.165) is 11.7 Å². The molecule has 0 N–H and O–H groups in total. The van der Waals surface area contributed by atoms with E-state index in [2.05, 4.69) is 38.1 Å². The molecular weight excluding hydrogens is 220 g/mol. The molecular formula is C17H26O. The molecule has 1 fully saturated rings. The van der Waals surface area contributed by atoms with E-state index in [1.165, 1.54) is 44.1 Å². The van der Waals surface area contributed by atoms with Crippen molar-refractivity contribution in [3.05, 3.63) is 29.8 Å². The zero-order valence-electron chi connectivity index (χ0n) is 12.0. The lowest BCUT2D eigenvalue weighted by Crippen LogP contribution is -2.23. The van der Waals surface area contributed by atoms with Gasteiger partial charge in [0.25, 0.3) is 0 Å². The molecule has 0 aliphatic heterocycles. The molecule has 0 spiro atoms. The summed E-state index contributed by atoms with van der Waals surface area (Å²) in [7, 11) is 1.73. The normalized spacial score (nSPS) is 28.1. The number of rotatable bonds is 4. The predicted octanol–water partition coefficient (Wildman–Crippen LogP) is 5.16. The summed E-state index contributed by atoms with van der Waals surface area (Å²) in [6.07, 6.45) is 8.19. The fraction of sp³-hybridized carbons (Fsp3) is 0.647. The fourth-order valence-corrected chi connectivity index (χ4v) is 3.38. The lowest BCUT2D eigenvalue weighted by Gasteiger charge is -2.37. The largest absolute Gasteiger partial charge is 0.497 e. The van der Waals surface area contributed by atoms with Crippen molar-refractivity contribution in [2.75, 3.05) is 7.11 Å². The Morgan fingerprint density at radius 3 is 2.28 bits per heavy atom. The second kappa shape index (κ2) is 5.77. The molecule has 1 aromatic rings. The molecule has 1 aliphatic rings. The Balaban J connectivity index is 1.96. The van der Waals surface area contributed by atoms with E-state index >= 15 is 0 Å². The molecule has 2 rings (SSSR count). The summed E-state index contributed by atoms with van der Waals surface area (Å²) in [5, 5.41) is 0. The highest BCUT2D eigenvalue weighted by Gasteiger charge is 2.30. The summed E-state index contributed by atoms with van der Waals surface area (Å²) in [4.78, 5) is 0. The highest BCUT2D eigenvalue weighted by molar-refractivity contribution is 5.29. The minimum absolute atomic E-state index is 0.609. The molecule has 1 saturated carbocycles.